The predicted molar refractivity (Wildman–Crippen MR) is 88.6 cm³/mol. The lowest BCUT2D eigenvalue weighted by Crippen LogP contribution is -1.94. The summed E-state index contributed by atoms with van der Waals surface area (Å²) in [6, 6.07) is 4.48. The molecular formula is C18H25Br. The molecular weight excluding hydrogens is 296 g/mol. The van der Waals surface area contributed by atoms with E-state index < -0.39 is 0 Å². The maximum atomic E-state index is 3.72. The fourth-order valence-electron chi connectivity index (χ4n) is 2.89. The lowest BCUT2D eigenvalue weighted by atomic mass is 9.98. The molecule has 0 N–H and O–H groups in total. The van der Waals surface area contributed by atoms with Gasteiger partial charge in [-0.05, 0) is 42.0 Å². The fourth-order valence-corrected chi connectivity index (χ4v) is 3.43. The van der Waals surface area contributed by atoms with Gasteiger partial charge < -0.3 is 0 Å². The number of unbranched alkanes of at least 4 members (excludes halogenated alkanes) is 6. The molecule has 0 saturated carbocycles. The third-order valence-electron chi connectivity index (χ3n) is 4.04. The van der Waals surface area contributed by atoms with Gasteiger partial charge in [-0.15, -0.1) is 0 Å². The SMILES string of the molecule is CCCCCCCCCc1c(Br)ccc2c1C=CC2. The molecule has 0 radical (unpaired) electrons. The molecule has 0 spiro atoms. The predicted octanol–water partition coefficient (Wildman–Crippen LogP) is 6.31. The first-order chi connectivity index (χ1) is 9.33. The highest BCUT2D eigenvalue weighted by Gasteiger charge is 2.12. The van der Waals surface area contributed by atoms with Crippen molar-refractivity contribution < 1.29 is 0 Å². The highest BCUT2D eigenvalue weighted by molar-refractivity contribution is 9.10. The van der Waals surface area contributed by atoms with Gasteiger partial charge in [-0.25, -0.2) is 0 Å². The summed E-state index contributed by atoms with van der Waals surface area (Å²) in [5, 5.41) is 0. The van der Waals surface area contributed by atoms with Crippen LogP contribution in [0.15, 0.2) is 22.7 Å². The Morgan fingerprint density at radius 3 is 2.53 bits per heavy atom. The minimum absolute atomic E-state index is 1.12. The van der Waals surface area contributed by atoms with Crippen molar-refractivity contribution in [2.45, 2.75) is 64.7 Å². The average molecular weight is 321 g/mol. The third kappa shape index (κ3) is 4.21. The molecule has 2 rings (SSSR count). The first-order valence-electron chi connectivity index (χ1n) is 7.79. The number of hydrogen-bond acceptors (Lipinski definition) is 0. The Kier molecular flexibility index (Phi) is 6.16. The zero-order valence-corrected chi connectivity index (χ0v) is 13.6. The zero-order valence-electron chi connectivity index (χ0n) is 12.1. The Bertz CT molecular complexity index is 432. The van der Waals surface area contributed by atoms with Crippen LogP contribution in [0.4, 0.5) is 0 Å². The molecule has 1 aromatic rings. The van der Waals surface area contributed by atoms with Crippen LogP contribution in [-0.4, -0.2) is 0 Å². The summed E-state index contributed by atoms with van der Waals surface area (Å²) in [5.74, 6) is 0. The van der Waals surface area contributed by atoms with Crippen LogP contribution >= 0.6 is 15.9 Å². The Morgan fingerprint density at radius 2 is 1.74 bits per heavy atom. The molecule has 0 bridgehead atoms. The normalized spacial score (nSPS) is 12.9. The summed E-state index contributed by atoms with van der Waals surface area (Å²) in [6.45, 7) is 2.28. The van der Waals surface area contributed by atoms with Crippen LogP contribution in [0.25, 0.3) is 6.08 Å². The second-order valence-corrected chi connectivity index (χ2v) is 6.43. The van der Waals surface area contributed by atoms with Gasteiger partial charge in [0, 0.05) is 4.47 Å². The van der Waals surface area contributed by atoms with Crippen LogP contribution in [0.2, 0.25) is 0 Å². The van der Waals surface area contributed by atoms with Gasteiger partial charge >= 0.3 is 0 Å². The first-order valence-corrected chi connectivity index (χ1v) is 8.59. The zero-order chi connectivity index (χ0) is 13.5. The van der Waals surface area contributed by atoms with Crippen LogP contribution < -0.4 is 0 Å². The van der Waals surface area contributed by atoms with E-state index in [1.54, 1.807) is 0 Å². The summed E-state index contributed by atoms with van der Waals surface area (Å²) in [6.07, 6.45) is 16.6. The van der Waals surface area contributed by atoms with E-state index in [0.29, 0.717) is 0 Å². The van der Waals surface area contributed by atoms with E-state index in [0.717, 1.165) is 6.42 Å². The van der Waals surface area contributed by atoms with E-state index in [2.05, 4.69) is 47.1 Å². The van der Waals surface area contributed by atoms with Crippen molar-refractivity contribution in [1.29, 1.82) is 0 Å². The molecule has 1 aliphatic rings. The van der Waals surface area contributed by atoms with Gasteiger partial charge in [0.1, 0.15) is 0 Å². The van der Waals surface area contributed by atoms with Crippen molar-refractivity contribution in [2.75, 3.05) is 0 Å². The monoisotopic (exact) mass is 320 g/mol. The first kappa shape index (κ1) is 14.8. The summed E-state index contributed by atoms with van der Waals surface area (Å²) in [5.41, 5.74) is 4.52. The van der Waals surface area contributed by atoms with Crippen molar-refractivity contribution in [2.24, 2.45) is 0 Å². The van der Waals surface area contributed by atoms with Gasteiger partial charge in [0.2, 0.25) is 0 Å². The molecule has 1 aliphatic carbocycles. The smallest absolute Gasteiger partial charge is 0.0213 e. The van der Waals surface area contributed by atoms with Gasteiger partial charge in [0.25, 0.3) is 0 Å². The molecule has 0 saturated heterocycles. The minimum Gasteiger partial charge on any atom is -0.0795 e. The number of benzene rings is 1. The van der Waals surface area contributed by atoms with Crippen molar-refractivity contribution in [3.05, 3.63) is 39.4 Å². The summed E-state index contributed by atoms with van der Waals surface area (Å²) < 4.78 is 1.30. The number of fused-ring (bicyclic) bond motifs is 1. The van der Waals surface area contributed by atoms with Crippen molar-refractivity contribution in [3.63, 3.8) is 0 Å². The molecule has 0 fully saturated rings. The lowest BCUT2D eigenvalue weighted by molar-refractivity contribution is 0.589. The van der Waals surface area contributed by atoms with E-state index in [1.807, 2.05) is 0 Å². The van der Waals surface area contributed by atoms with E-state index in [-0.39, 0.29) is 0 Å². The van der Waals surface area contributed by atoms with Crippen molar-refractivity contribution >= 4 is 22.0 Å². The highest BCUT2D eigenvalue weighted by atomic mass is 79.9. The van der Waals surface area contributed by atoms with Crippen LogP contribution in [0.3, 0.4) is 0 Å². The molecule has 1 aromatic carbocycles. The van der Waals surface area contributed by atoms with Gasteiger partial charge in [-0.1, -0.05) is 79.6 Å². The largest absolute Gasteiger partial charge is 0.0795 e. The van der Waals surface area contributed by atoms with Gasteiger partial charge in [-0.3, -0.25) is 0 Å². The van der Waals surface area contributed by atoms with Crippen LogP contribution in [-0.2, 0) is 12.8 Å². The molecule has 0 amide bonds. The van der Waals surface area contributed by atoms with Crippen molar-refractivity contribution in [3.8, 4) is 0 Å². The Balaban J connectivity index is 1.77. The molecule has 0 atom stereocenters. The standard InChI is InChI=1S/C18H25Br/c1-2-3-4-5-6-7-8-11-17-16-12-9-10-15(16)13-14-18(17)19/h9,12-14H,2-8,10-11H2,1H3. The van der Waals surface area contributed by atoms with E-state index in [1.165, 1.54) is 72.5 Å². The summed E-state index contributed by atoms with van der Waals surface area (Å²) in [7, 11) is 0. The number of halogens is 1. The lowest BCUT2D eigenvalue weighted by Gasteiger charge is -2.10. The number of hydrogen-bond donors (Lipinski definition) is 0. The van der Waals surface area contributed by atoms with Gasteiger partial charge in [-0.2, -0.15) is 0 Å². The molecule has 19 heavy (non-hydrogen) atoms. The molecule has 1 heteroatoms. The Hall–Kier alpha value is -0.560. The second-order valence-electron chi connectivity index (χ2n) is 5.58. The topological polar surface area (TPSA) is 0 Å². The van der Waals surface area contributed by atoms with Crippen LogP contribution in [0.1, 0.15) is 68.6 Å². The molecule has 0 aliphatic heterocycles. The molecule has 0 aromatic heterocycles. The van der Waals surface area contributed by atoms with E-state index in [9.17, 15) is 0 Å². The summed E-state index contributed by atoms with van der Waals surface area (Å²) >= 11 is 3.72. The van der Waals surface area contributed by atoms with Crippen molar-refractivity contribution in [1.82, 2.24) is 0 Å². The van der Waals surface area contributed by atoms with E-state index in [4.69, 9.17) is 0 Å². The highest BCUT2D eigenvalue weighted by Crippen LogP contribution is 2.30. The molecule has 104 valence electrons. The minimum atomic E-state index is 1.12. The summed E-state index contributed by atoms with van der Waals surface area (Å²) in [4.78, 5) is 0. The van der Waals surface area contributed by atoms with Gasteiger partial charge in [0.15, 0.2) is 0 Å². The number of allylic oxidation sites excluding steroid dienone is 1. The Labute approximate surface area is 126 Å². The maximum Gasteiger partial charge on any atom is 0.0213 e. The van der Waals surface area contributed by atoms with Crippen LogP contribution in [0.5, 0.6) is 0 Å². The van der Waals surface area contributed by atoms with E-state index >= 15 is 0 Å². The third-order valence-corrected chi connectivity index (χ3v) is 4.79. The quantitative estimate of drug-likeness (QED) is 0.492. The van der Waals surface area contributed by atoms with Gasteiger partial charge in [0.05, 0.1) is 0 Å². The maximum absolute atomic E-state index is 3.72. The average Bonchev–Trinajstić information content (AvgIpc) is 2.88. The van der Waals surface area contributed by atoms with Crippen LogP contribution in [0, 0.1) is 0 Å². The molecule has 0 unspecified atom stereocenters. The second kappa shape index (κ2) is 7.89. The fraction of sp³-hybridized carbons (Fsp3) is 0.556. The molecule has 0 heterocycles. The number of rotatable bonds is 8. The Morgan fingerprint density at radius 1 is 1.00 bits per heavy atom. The molecule has 0 nitrogen and oxygen atoms in total.